The van der Waals surface area contributed by atoms with E-state index in [-0.39, 0.29) is 42.2 Å². The molecule has 0 spiro atoms. The average molecular weight is 954 g/mol. The van der Waals surface area contributed by atoms with Crippen LogP contribution in [0.2, 0.25) is 0 Å². The molecule has 0 atom stereocenters. The van der Waals surface area contributed by atoms with Crippen molar-refractivity contribution in [3.05, 3.63) is 140 Å². The van der Waals surface area contributed by atoms with Gasteiger partial charge in [0.25, 0.3) is 11.8 Å². The number of fused-ring (bicyclic) bond motifs is 4. The minimum absolute atomic E-state index is 0. The molecule has 0 saturated heterocycles. The van der Waals surface area contributed by atoms with Gasteiger partial charge in [-0.05, 0) is 106 Å². The molecule has 2 aliphatic rings. The minimum atomic E-state index is -4.64. The number of carbonyl (C=O) groups excluding carboxylic acids is 4. The normalized spacial score (nSPS) is 12.5. The number of nitrogens with one attached hydrogen (secondary N) is 5. The number of hydrogen-bond donors (Lipinski definition) is 5. The minimum Gasteiger partial charge on any atom is -0.443 e. The van der Waals surface area contributed by atoms with E-state index >= 15 is 0 Å². The summed E-state index contributed by atoms with van der Waals surface area (Å²) in [5.41, 5.74) is 5.55. The van der Waals surface area contributed by atoms with Gasteiger partial charge in [-0.1, -0.05) is 51.3 Å². The quantitative estimate of drug-likeness (QED) is 0.0854. The lowest BCUT2D eigenvalue weighted by atomic mass is 10.0. The van der Waals surface area contributed by atoms with Crippen molar-refractivity contribution in [3.8, 4) is 0 Å². The molecule has 352 valence electrons. The van der Waals surface area contributed by atoms with Crippen LogP contribution in [0.4, 0.5) is 40.7 Å². The van der Waals surface area contributed by atoms with E-state index in [0.29, 0.717) is 39.9 Å². The Kier molecular flexibility index (Phi) is 19.6. The Morgan fingerprint density at radius 1 is 0.742 bits per heavy atom. The number of benzene rings is 4. The van der Waals surface area contributed by atoms with Gasteiger partial charge in [0.1, 0.15) is 16.7 Å². The van der Waals surface area contributed by atoms with Crippen LogP contribution in [0.5, 0.6) is 0 Å². The molecule has 13 nitrogen and oxygen atoms in total. The van der Waals surface area contributed by atoms with Crippen molar-refractivity contribution in [2.75, 3.05) is 39.3 Å². The highest BCUT2D eigenvalue weighted by Crippen LogP contribution is 2.32. The number of rotatable bonds is 4. The van der Waals surface area contributed by atoms with Gasteiger partial charge in [0.2, 0.25) is 17.1 Å². The van der Waals surface area contributed by atoms with Crippen LogP contribution in [0, 0.1) is 0 Å². The number of halogens is 5. The highest BCUT2D eigenvalue weighted by atomic mass is 35.5. The molecular formula is C48H53Cl2F3N6O7. The molecule has 0 aliphatic carbocycles. The van der Waals surface area contributed by atoms with E-state index < -0.39 is 36.0 Å². The first-order valence-corrected chi connectivity index (χ1v) is 21.0. The molecule has 4 heterocycles. The van der Waals surface area contributed by atoms with Crippen molar-refractivity contribution < 1.29 is 37.1 Å². The number of pyridine rings is 2. The summed E-state index contributed by atoms with van der Waals surface area (Å²) >= 11 is 9.53. The Balaban J connectivity index is 0.000000294. The Labute approximate surface area is 390 Å². The predicted molar refractivity (Wildman–Crippen MR) is 259 cm³/mol. The van der Waals surface area contributed by atoms with E-state index in [1.165, 1.54) is 18.0 Å². The van der Waals surface area contributed by atoms with Gasteiger partial charge >= 0.3 is 12.3 Å². The second kappa shape index (κ2) is 24.0. The molecule has 3 amide bonds. The molecule has 2 aliphatic heterocycles. The zero-order valence-electron chi connectivity index (χ0n) is 35.0. The fourth-order valence-corrected chi connectivity index (χ4v) is 6.77. The van der Waals surface area contributed by atoms with Crippen LogP contribution < -0.4 is 31.7 Å². The first-order valence-electron chi connectivity index (χ1n) is 19.9. The van der Waals surface area contributed by atoms with E-state index in [1.54, 1.807) is 47.4 Å². The van der Waals surface area contributed by atoms with Gasteiger partial charge in [0.15, 0.2) is 0 Å². The lowest BCUT2D eigenvalue weighted by molar-refractivity contribution is -0.156. The maximum absolute atomic E-state index is 12.8. The molecular weight excluding hydrogens is 900 g/mol. The molecule has 0 bridgehead atoms. The van der Waals surface area contributed by atoms with E-state index in [0.717, 1.165) is 49.0 Å². The number of amides is 3. The molecule has 0 unspecified atom stereocenters. The molecule has 2 aromatic heterocycles. The Morgan fingerprint density at radius 3 is 1.71 bits per heavy atom. The highest BCUT2D eigenvalue weighted by molar-refractivity contribution is 6.40. The number of aryl methyl sites for hydroxylation is 2. The number of aldehydes is 1. The number of H-pyrrole nitrogens is 2. The van der Waals surface area contributed by atoms with Crippen LogP contribution in [0.1, 0.15) is 80.3 Å². The van der Waals surface area contributed by atoms with Gasteiger partial charge in [-0.3, -0.25) is 28.9 Å². The van der Waals surface area contributed by atoms with Crippen LogP contribution in [0.25, 0.3) is 21.8 Å². The van der Waals surface area contributed by atoms with Crippen molar-refractivity contribution >= 4 is 92.0 Å². The van der Waals surface area contributed by atoms with Crippen molar-refractivity contribution in [2.24, 2.45) is 0 Å². The van der Waals surface area contributed by atoms with Crippen LogP contribution in [0.3, 0.4) is 0 Å². The number of alkyl halides is 5. The van der Waals surface area contributed by atoms with E-state index in [4.69, 9.17) is 32.7 Å². The van der Waals surface area contributed by atoms with Crippen molar-refractivity contribution in [3.63, 3.8) is 0 Å². The third-order valence-corrected chi connectivity index (χ3v) is 9.58. The zero-order valence-corrected chi connectivity index (χ0v) is 36.5. The van der Waals surface area contributed by atoms with Gasteiger partial charge in [-0.25, -0.2) is 4.79 Å². The first kappa shape index (κ1) is 53.7. The molecule has 8 rings (SSSR count). The maximum atomic E-state index is 12.8. The summed E-state index contributed by atoms with van der Waals surface area (Å²) in [4.78, 5) is 79.5. The third-order valence-electron chi connectivity index (χ3n) is 9.58. The Hall–Kier alpha value is -6.65. The van der Waals surface area contributed by atoms with Gasteiger partial charge in [-0.15, -0.1) is 23.2 Å². The van der Waals surface area contributed by atoms with E-state index in [9.17, 15) is 37.1 Å². The molecule has 0 radical (unpaired) electrons. The molecule has 6 aromatic rings. The molecule has 18 heteroatoms. The highest BCUT2D eigenvalue weighted by Gasteiger charge is 2.28. The summed E-state index contributed by atoms with van der Waals surface area (Å²) in [6.07, 6.45) is 0.613. The number of hydrogen-bond acceptors (Lipinski definition) is 8. The molecule has 0 fully saturated rings. The number of para-hydroxylation sites is 2. The fourth-order valence-electron chi connectivity index (χ4n) is 6.77. The molecule has 66 heavy (non-hydrogen) atoms. The molecule has 4 aromatic carbocycles. The lowest BCUT2D eigenvalue weighted by Gasteiger charge is -2.32. The summed E-state index contributed by atoms with van der Waals surface area (Å²) in [7, 11) is 0. The summed E-state index contributed by atoms with van der Waals surface area (Å²) in [5.74, 6) is -0.913. The topological polar surface area (TPSA) is 183 Å². The maximum Gasteiger partial charge on any atom is 0.446 e. The summed E-state index contributed by atoms with van der Waals surface area (Å²) < 4.78 is 36.8. The zero-order chi connectivity index (χ0) is 46.6. The van der Waals surface area contributed by atoms with Crippen molar-refractivity contribution in [2.45, 2.75) is 73.1 Å². The van der Waals surface area contributed by atoms with Gasteiger partial charge < -0.3 is 30.7 Å². The first-order chi connectivity index (χ1) is 30.4. The number of anilines is 4. The average Bonchev–Trinajstić information content (AvgIpc) is 3.26. The fraction of sp³-hybridized carbons (Fsp3) is 0.292. The summed E-state index contributed by atoms with van der Waals surface area (Å²) in [5, 5.41) is 10.1. The van der Waals surface area contributed by atoms with Crippen LogP contribution in [0.15, 0.2) is 107 Å². The van der Waals surface area contributed by atoms with Crippen molar-refractivity contribution in [1.29, 1.82) is 0 Å². The molecule has 5 N–H and O–H groups in total. The van der Waals surface area contributed by atoms with Crippen LogP contribution in [-0.4, -0.2) is 64.4 Å². The number of nitrogens with zero attached hydrogens (tertiary/aromatic N) is 1. The lowest BCUT2D eigenvalue weighted by Crippen LogP contribution is -2.39. The second-order valence-corrected chi connectivity index (χ2v) is 16.1. The summed E-state index contributed by atoms with van der Waals surface area (Å²) in [6.45, 7) is 6.97. The van der Waals surface area contributed by atoms with Gasteiger partial charge in [-0.2, -0.15) is 13.2 Å². The Morgan fingerprint density at radius 2 is 1.21 bits per heavy atom. The molecule has 0 saturated carbocycles. The summed E-state index contributed by atoms with van der Waals surface area (Å²) in [6, 6.07) is 25.4. The van der Waals surface area contributed by atoms with Gasteiger partial charge in [0.05, 0.1) is 11.0 Å². The largest absolute Gasteiger partial charge is 0.446 e. The smallest absolute Gasteiger partial charge is 0.443 e. The number of aromatic amines is 2. The van der Waals surface area contributed by atoms with E-state index in [1.807, 2.05) is 63.2 Å². The SMILES string of the molecule is C.C.CC(C)(C)OC(=O)N1CCCc2ccc(NC(=O)c3c[nH]c4ccccc4c3=O)cc21.ClCCl.O=C(Nc1ccc2c(c1)NCCC2)c1c[nH]c2ccccc2c1=O.O=CC(F)(F)F. The predicted octanol–water partition coefficient (Wildman–Crippen LogP) is 11.0. The second-order valence-electron chi connectivity index (χ2n) is 15.3. The monoisotopic (exact) mass is 952 g/mol. The Bertz CT molecular complexity index is 2770. The number of aromatic nitrogens is 2. The standard InChI is InChI=1S/C24H25N3O4.C19H17N3O2.C2HF3O.CH2Cl2.2CH4/c1-24(2,3)31-23(30)27-12-6-7-15-10-11-16(13-20(15)27)26-22(29)18-14-25-19-9-5-4-8-17(19)21(18)28;23-18-14-5-1-2-6-16(14)21-11-15(18)19(24)22-13-8-7-12-4-3-9-20-17(12)10-13;3-2(4,5)1-6;2-1-3;;/h4-5,8-11,13-14H,6-7,12H2,1-3H3,(H,25,28)(H,26,29);1-2,5-8,10-11,20H,3-4,9H2,(H,21,23)(H,22,24);1H;1H2;2*1H4. The van der Waals surface area contributed by atoms with Crippen LogP contribution in [-0.2, 0) is 22.4 Å². The number of ether oxygens (including phenoxy) is 1. The van der Waals surface area contributed by atoms with Gasteiger partial charge in [0, 0.05) is 64.4 Å². The number of carbonyl (C=O) groups is 4. The third kappa shape index (κ3) is 14.4. The van der Waals surface area contributed by atoms with Crippen molar-refractivity contribution in [1.82, 2.24) is 9.97 Å². The van der Waals surface area contributed by atoms with E-state index in [2.05, 4.69) is 25.9 Å². The van der Waals surface area contributed by atoms with Crippen LogP contribution >= 0.6 is 23.2 Å².